The Balaban J connectivity index is 1.91. The largest absolute Gasteiger partial charge is 0.497 e. The molecule has 0 bridgehead atoms. The predicted octanol–water partition coefficient (Wildman–Crippen LogP) is 5.37. The fraction of sp³-hybridized carbons (Fsp3) is 0.292. The van der Waals surface area contributed by atoms with E-state index in [9.17, 15) is 4.79 Å². The van der Waals surface area contributed by atoms with Crippen molar-refractivity contribution in [2.24, 2.45) is 5.92 Å². The number of nitrogens with one attached hydrogen (secondary N) is 1. The smallest absolute Gasteiger partial charge is 0.255 e. The standard InChI is InChI=1S/C24H27NO3/c1-16(2)13-22(17-9-11-20(27-3)12-10-17)25-24(26)21-14-18-7-5-6-8-19(18)15-23(21)28-4/h5-12,14-16,22H,13H2,1-4H3,(H,25,26). The number of ether oxygens (including phenoxy) is 2. The van der Waals surface area contributed by atoms with Gasteiger partial charge in [0.05, 0.1) is 25.8 Å². The molecular weight excluding hydrogens is 350 g/mol. The Labute approximate surface area is 166 Å². The minimum atomic E-state index is -0.135. The minimum Gasteiger partial charge on any atom is -0.497 e. The number of amides is 1. The first-order valence-corrected chi connectivity index (χ1v) is 9.53. The third-order valence-corrected chi connectivity index (χ3v) is 4.84. The zero-order chi connectivity index (χ0) is 20.1. The van der Waals surface area contributed by atoms with E-state index in [1.54, 1.807) is 14.2 Å². The summed E-state index contributed by atoms with van der Waals surface area (Å²) in [6.07, 6.45) is 0.841. The number of hydrogen-bond acceptors (Lipinski definition) is 3. The van der Waals surface area contributed by atoms with Crippen molar-refractivity contribution in [2.75, 3.05) is 14.2 Å². The lowest BCUT2D eigenvalue weighted by Gasteiger charge is -2.22. The highest BCUT2D eigenvalue weighted by atomic mass is 16.5. The molecule has 4 heteroatoms. The molecule has 1 N–H and O–H groups in total. The van der Waals surface area contributed by atoms with Crippen LogP contribution in [0.5, 0.6) is 11.5 Å². The average molecular weight is 377 g/mol. The van der Waals surface area contributed by atoms with E-state index < -0.39 is 0 Å². The van der Waals surface area contributed by atoms with Crippen LogP contribution in [0.1, 0.15) is 42.2 Å². The number of carbonyl (C=O) groups excluding carboxylic acids is 1. The Morgan fingerprint density at radius 2 is 1.57 bits per heavy atom. The van der Waals surface area contributed by atoms with Crippen LogP contribution in [0.25, 0.3) is 10.8 Å². The van der Waals surface area contributed by atoms with Gasteiger partial charge < -0.3 is 14.8 Å². The Morgan fingerprint density at radius 1 is 0.929 bits per heavy atom. The van der Waals surface area contributed by atoms with Gasteiger partial charge in [0.1, 0.15) is 11.5 Å². The number of hydrogen-bond donors (Lipinski definition) is 1. The van der Waals surface area contributed by atoms with Gasteiger partial charge in [0.25, 0.3) is 5.91 Å². The van der Waals surface area contributed by atoms with Crippen molar-refractivity contribution in [3.8, 4) is 11.5 Å². The Hall–Kier alpha value is -3.01. The van der Waals surface area contributed by atoms with Crippen LogP contribution in [-0.4, -0.2) is 20.1 Å². The van der Waals surface area contributed by atoms with Crippen molar-refractivity contribution in [2.45, 2.75) is 26.3 Å². The van der Waals surface area contributed by atoms with Crippen molar-refractivity contribution in [3.05, 3.63) is 71.8 Å². The van der Waals surface area contributed by atoms with Crippen LogP contribution in [0.4, 0.5) is 0 Å². The van der Waals surface area contributed by atoms with E-state index in [-0.39, 0.29) is 11.9 Å². The summed E-state index contributed by atoms with van der Waals surface area (Å²) in [5.74, 6) is 1.68. The molecule has 0 aliphatic carbocycles. The summed E-state index contributed by atoms with van der Waals surface area (Å²) in [5.41, 5.74) is 1.60. The maximum absolute atomic E-state index is 13.1. The van der Waals surface area contributed by atoms with Crippen molar-refractivity contribution in [3.63, 3.8) is 0 Å². The summed E-state index contributed by atoms with van der Waals surface area (Å²) in [6, 6.07) is 19.5. The molecule has 1 amide bonds. The van der Waals surface area contributed by atoms with E-state index in [4.69, 9.17) is 9.47 Å². The van der Waals surface area contributed by atoms with Crippen molar-refractivity contribution in [1.29, 1.82) is 0 Å². The lowest BCUT2D eigenvalue weighted by molar-refractivity contribution is 0.0929. The van der Waals surface area contributed by atoms with Gasteiger partial charge >= 0.3 is 0 Å². The first kappa shape index (κ1) is 19.7. The van der Waals surface area contributed by atoms with Crippen LogP contribution < -0.4 is 14.8 Å². The lowest BCUT2D eigenvalue weighted by atomic mass is 9.96. The van der Waals surface area contributed by atoms with Gasteiger partial charge in [-0.3, -0.25) is 4.79 Å². The number of carbonyl (C=O) groups is 1. The highest BCUT2D eigenvalue weighted by molar-refractivity contribution is 6.01. The second-order valence-electron chi connectivity index (χ2n) is 7.33. The molecule has 0 aliphatic heterocycles. The average Bonchev–Trinajstić information content (AvgIpc) is 2.72. The Kier molecular flexibility index (Phi) is 6.19. The van der Waals surface area contributed by atoms with E-state index in [2.05, 4.69) is 19.2 Å². The molecule has 3 aromatic rings. The predicted molar refractivity (Wildman–Crippen MR) is 113 cm³/mol. The monoisotopic (exact) mass is 377 g/mol. The molecule has 0 radical (unpaired) electrons. The van der Waals surface area contributed by atoms with Gasteiger partial charge in [-0.15, -0.1) is 0 Å². The summed E-state index contributed by atoms with van der Waals surface area (Å²) >= 11 is 0. The van der Waals surface area contributed by atoms with Crippen molar-refractivity contribution >= 4 is 16.7 Å². The van der Waals surface area contributed by atoms with Crippen LogP contribution in [-0.2, 0) is 0 Å². The summed E-state index contributed by atoms with van der Waals surface area (Å²) < 4.78 is 10.7. The fourth-order valence-electron chi connectivity index (χ4n) is 3.39. The van der Waals surface area contributed by atoms with Crippen molar-refractivity contribution in [1.82, 2.24) is 5.32 Å². The van der Waals surface area contributed by atoms with Crippen molar-refractivity contribution < 1.29 is 14.3 Å². The molecule has 0 fully saturated rings. The molecular formula is C24H27NO3. The molecule has 3 aromatic carbocycles. The molecule has 0 aliphatic rings. The van der Waals surface area contributed by atoms with E-state index in [0.29, 0.717) is 17.2 Å². The summed E-state index contributed by atoms with van der Waals surface area (Å²) in [4.78, 5) is 13.1. The lowest BCUT2D eigenvalue weighted by Crippen LogP contribution is -2.29. The third-order valence-electron chi connectivity index (χ3n) is 4.84. The molecule has 146 valence electrons. The third kappa shape index (κ3) is 4.45. The normalized spacial score (nSPS) is 12.0. The van der Waals surface area contributed by atoms with Crippen LogP contribution in [0.3, 0.4) is 0 Å². The molecule has 0 aromatic heterocycles. The Morgan fingerprint density at radius 3 is 2.14 bits per heavy atom. The maximum Gasteiger partial charge on any atom is 0.255 e. The highest BCUT2D eigenvalue weighted by Gasteiger charge is 2.20. The second-order valence-corrected chi connectivity index (χ2v) is 7.33. The van der Waals surface area contributed by atoms with Gasteiger partial charge in [0.15, 0.2) is 0 Å². The van der Waals surface area contributed by atoms with Gasteiger partial charge in [-0.2, -0.15) is 0 Å². The van der Waals surface area contributed by atoms with Crippen LogP contribution in [0.15, 0.2) is 60.7 Å². The fourth-order valence-corrected chi connectivity index (χ4v) is 3.39. The molecule has 0 heterocycles. The van der Waals surface area contributed by atoms with Gasteiger partial charge in [0.2, 0.25) is 0 Å². The summed E-state index contributed by atoms with van der Waals surface area (Å²) in [5, 5.41) is 5.26. The molecule has 0 saturated carbocycles. The maximum atomic E-state index is 13.1. The first-order valence-electron chi connectivity index (χ1n) is 9.53. The number of benzene rings is 3. The van der Waals surface area contributed by atoms with E-state index >= 15 is 0 Å². The topological polar surface area (TPSA) is 47.6 Å². The van der Waals surface area contributed by atoms with E-state index in [0.717, 1.165) is 28.5 Å². The molecule has 1 atom stereocenters. The Bertz CT molecular complexity index is 948. The van der Waals surface area contributed by atoms with Gasteiger partial charge in [0, 0.05) is 0 Å². The molecule has 1 unspecified atom stereocenters. The van der Waals surface area contributed by atoms with Gasteiger partial charge in [-0.25, -0.2) is 0 Å². The van der Waals surface area contributed by atoms with E-state index in [1.165, 1.54) is 0 Å². The van der Waals surface area contributed by atoms with Gasteiger partial charge in [-0.05, 0) is 52.9 Å². The molecule has 0 saturated heterocycles. The van der Waals surface area contributed by atoms with Crippen LogP contribution in [0, 0.1) is 5.92 Å². The minimum absolute atomic E-state index is 0.0883. The number of rotatable bonds is 7. The zero-order valence-corrected chi connectivity index (χ0v) is 16.9. The SMILES string of the molecule is COc1ccc(C(CC(C)C)NC(=O)c2cc3ccccc3cc2OC)cc1. The number of fused-ring (bicyclic) bond motifs is 1. The molecule has 4 nitrogen and oxygen atoms in total. The molecule has 28 heavy (non-hydrogen) atoms. The first-order chi connectivity index (χ1) is 13.5. The number of methoxy groups -OCH3 is 2. The van der Waals surface area contributed by atoms with E-state index in [1.807, 2.05) is 60.7 Å². The summed E-state index contributed by atoms with van der Waals surface area (Å²) in [6.45, 7) is 4.30. The summed E-state index contributed by atoms with van der Waals surface area (Å²) in [7, 11) is 3.24. The van der Waals surface area contributed by atoms with Crippen LogP contribution >= 0.6 is 0 Å². The quantitative estimate of drug-likeness (QED) is 0.602. The molecule has 0 spiro atoms. The highest BCUT2D eigenvalue weighted by Crippen LogP contribution is 2.28. The van der Waals surface area contributed by atoms with Crippen LogP contribution in [0.2, 0.25) is 0 Å². The van der Waals surface area contributed by atoms with Gasteiger partial charge in [-0.1, -0.05) is 50.2 Å². The second kappa shape index (κ2) is 8.79. The molecule has 3 rings (SSSR count). The zero-order valence-electron chi connectivity index (χ0n) is 16.9.